The Morgan fingerprint density at radius 3 is 2.85 bits per heavy atom. The number of nitrogens with zero attached hydrogens (tertiary/aromatic N) is 1. The van der Waals surface area contributed by atoms with E-state index in [0.717, 1.165) is 19.6 Å². The van der Waals surface area contributed by atoms with Crippen LogP contribution in [0.3, 0.4) is 0 Å². The predicted molar refractivity (Wildman–Crippen MR) is 63.8 cm³/mol. The van der Waals surface area contributed by atoms with Gasteiger partial charge in [0.05, 0.1) is 8.79 Å². The third-order valence-electron chi connectivity index (χ3n) is 1.81. The summed E-state index contributed by atoms with van der Waals surface area (Å²) in [5.74, 6) is 0. The molecule has 0 saturated carbocycles. The van der Waals surface area contributed by atoms with E-state index in [-0.39, 0.29) is 0 Å². The zero-order chi connectivity index (χ0) is 9.68. The average molecular weight is 263 g/mol. The van der Waals surface area contributed by atoms with E-state index in [9.17, 15) is 0 Å². The second kappa shape index (κ2) is 5.62. The summed E-state index contributed by atoms with van der Waals surface area (Å²) in [5.41, 5.74) is 0. The molecule has 1 N–H and O–H groups in total. The lowest BCUT2D eigenvalue weighted by atomic mass is 10.5. The van der Waals surface area contributed by atoms with Gasteiger partial charge in [-0.25, -0.2) is 0 Å². The van der Waals surface area contributed by atoms with E-state index in [1.165, 1.54) is 8.79 Å². The van der Waals surface area contributed by atoms with Crippen molar-refractivity contribution in [2.75, 3.05) is 31.6 Å². The third kappa shape index (κ3) is 3.67. The molecule has 0 fully saturated rings. The van der Waals surface area contributed by atoms with Gasteiger partial charge in [0.25, 0.3) is 0 Å². The zero-order valence-corrected chi connectivity index (χ0v) is 10.4. The normalized spacial score (nSPS) is 10.4. The molecule has 0 radical (unpaired) electrons. The number of rotatable bonds is 5. The Balaban J connectivity index is 2.35. The summed E-state index contributed by atoms with van der Waals surface area (Å²) in [4.78, 5) is 2.26. The fourth-order valence-corrected chi connectivity index (χ4v) is 2.39. The Morgan fingerprint density at radius 2 is 2.31 bits per heavy atom. The molecule has 0 spiro atoms. The molecule has 74 valence electrons. The number of hydrogen-bond donors (Lipinski definition) is 1. The summed E-state index contributed by atoms with van der Waals surface area (Å²) in [7, 11) is 2.12. The molecular formula is C9H15BrN2S. The highest BCUT2D eigenvalue weighted by molar-refractivity contribution is 9.11. The van der Waals surface area contributed by atoms with E-state index >= 15 is 0 Å². The van der Waals surface area contributed by atoms with Crippen molar-refractivity contribution in [1.82, 2.24) is 5.32 Å². The van der Waals surface area contributed by atoms with Crippen LogP contribution < -0.4 is 10.2 Å². The van der Waals surface area contributed by atoms with E-state index in [4.69, 9.17) is 0 Å². The summed E-state index contributed by atoms with van der Waals surface area (Å²) in [6.07, 6.45) is 0. The second-order valence-corrected chi connectivity index (χ2v) is 5.29. The van der Waals surface area contributed by atoms with Gasteiger partial charge in [-0.15, -0.1) is 11.3 Å². The van der Waals surface area contributed by atoms with Gasteiger partial charge in [-0.1, -0.05) is 6.92 Å². The molecule has 0 aromatic carbocycles. The Kier molecular flexibility index (Phi) is 4.77. The van der Waals surface area contributed by atoms with Gasteiger partial charge in [-0.05, 0) is 34.6 Å². The van der Waals surface area contributed by atoms with Gasteiger partial charge in [0.2, 0.25) is 0 Å². The van der Waals surface area contributed by atoms with Crippen LogP contribution in [0.25, 0.3) is 0 Å². The van der Waals surface area contributed by atoms with Crippen LogP contribution in [-0.2, 0) is 0 Å². The number of halogens is 1. The van der Waals surface area contributed by atoms with Crippen LogP contribution in [0, 0.1) is 0 Å². The molecule has 13 heavy (non-hydrogen) atoms. The number of anilines is 1. The fraction of sp³-hybridized carbons (Fsp3) is 0.556. The number of thiophene rings is 1. The first-order chi connectivity index (χ1) is 6.24. The van der Waals surface area contributed by atoms with Crippen LogP contribution in [-0.4, -0.2) is 26.7 Å². The van der Waals surface area contributed by atoms with Crippen LogP contribution in [0.2, 0.25) is 0 Å². The predicted octanol–water partition coefficient (Wildman–Crippen LogP) is 2.56. The van der Waals surface area contributed by atoms with Crippen molar-refractivity contribution >= 4 is 32.3 Å². The van der Waals surface area contributed by atoms with Crippen molar-refractivity contribution in [3.8, 4) is 0 Å². The molecule has 0 unspecified atom stereocenters. The van der Waals surface area contributed by atoms with Crippen LogP contribution in [0.5, 0.6) is 0 Å². The molecule has 2 nitrogen and oxygen atoms in total. The van der Waals surface area contributed by atoms with Crippen molar-refractivity contribution in [1.29, 1.82) is 0 Å². The Hall–Kier alpha value is -0.0600. The summed E-state index contributed by atoms with van der Waals surface area (Å²) in [6, 6.07) is 4.23. The molecular weight excluding hydrogens is 248 g/mol. The molecule has 0 saturated heterocycles. The molecule has 0 aliphatic rings. The van der Waals surface area contributed by atoms with Gasteiger partial charge in [-0.2, -0.15) is 0 Å². The molecule has 0 aliphatic carbocycles. The molecule has 1 heterocycles. The molecule has 1 aromatic heterocycles. The minimum absolute atomic E-state index is 1.04. The highest BCUT2D eigenvalue weighted by atomic mass is 79.9. The van der Waals surface area contributed by atoms with Gasteiger partial charge in [0, 0.05) is 20.1 Å². The van der Waals surface area contributed by atoms with Crippen LogP contribution in [0.4, 0.5) is 5.00 Å². The molecule has 0 amide bonds. The number of hydrogen-bond acceptors (Lipinski definition) is 3. The number of nitrogens with one attached hydrogen (secondary N) is 1. The fourth-order valence-electron chi connectivity index (χ4n) is 1.04. The quantitative estimate of drug-likeness (QED) is 0.821. The van der Waals surface area contributed by atoms with E-state index < -0.39 is 0 Å². The third-order valence-corrected chi connectivity index (χ3v) is 3.55. The minimum atomic E-state index is 1.04. The highest BCUT2D eigenvalue weighted by Crippen LogP contribution is 2.28. The molecule has 0 bridgehead atoms. The van der Waals surface area contributed by atoms with E-state index in [2.05, 4.69) is 52.3 Å². The first-order valence-corrected chi connectivity index (χ1v) is 6.02. The maximum absolute atomic E-state index is 3.46. The second-order valence-electron chi connectivity index (χ2n) is 2.85. The summed E-state index contributed by atoms with van der Waals surface area (Å²) < 4.78 is 1.19. The summed E-state index contributed by atoms with van der Waals surface area (Å²) >= 11 is 5.23. The molecule has 1 aromatic rings. The molecule has 0 aliphatic heterocycles. The maximum atomic E-state index is 3.46. The first kappa shape index (κ1) is 11.0. The molecule has 4 heteroatoms. The number of likely N-dealkylation sites (N-methyl/N-ethyl adjacent to an activating group) is 2. The minimum Gasteiger partial charge on any atom is -0.365 e. The van der Waals surface area contributed by atoms with E-state index in [0.29, 0.717) is 0 Å². The van der Waals surface area contributed by atoms with Crippen molar-refractivity contribution < 1.29 is 0 Å². The maximum Gasteiger partial charge on any atom is 0.0918 e. The van der Waals surface area contributed by atoms with Gasteiger partial charge < -0.3 is 10.2 Å². The topological polar surface area (TPSA) is 15.3 Å². The standard InChI is InChI=1S/C9H15BrN2S/c1-3-11-6-7-12(2)9-5-4-8(10)13-9/h4-5,11H,3,6-7H2,1-2H3. The lowest BCUT2D eigenvalue weighted by Gasteiger charge is -2.16. The SMILES string of the molecule is CCNCCN(C)c1ccc(Br)s1. The zero-order valence-electron chi connectivity index (χ0n) is 8.01. The highest BCUT2D eigenvalue weighted by Gasteiger charge is 2.02. The molecule has 0 atom stereocenters. The monoisotopic (exact) mass is 262 g/mol. The Bertz CT molecular complexity index is 250. The largest absolute Gasteiger partial charge is 0.365 e. The smallest absolute Gasteiger partial charge is 0.0918 e. The summed E-state index contributed by atoms with van der Waals surface area (Å²) in [6.45, 7) is 5.27. The average Bonchev–Trinajstić information content (AvgIpc) is 2.52. The van der Waals surface area contributed by atoms with Gasteiger partial charge in [0.1, 0.15) is 0 Å². The van der Waals surface area contributed by atoms with Crippen molar-refractivity contribution in [3.63, 3.8) is 0 Å². The summed E-state index contributed by atoms with van der Waals surface area (Å²) in [5, 5.41) is 4.62. The Morgan fingerprint density at radius 1 is 1.54 bits per heavy atom. The van der Waals surface area contributed by atoms with Crippen LogP contribution in [0.1, 0.15) is 6.92 Å². The first-order valence-electron chi connectivity index (χ1n) is 4.41. The van der Waals surface area contributed by atoms with Gasteiger partial charge >= 0.3 is 0 Å². The van der Waals surface area contributed by atoms with E-state index in [1.54, 1.807) is 11.3 Å². The van der Waals surface area contributed by atoms with Gasteiger partial charge in [0.15, 0.2) is 0 Å². The van der Waals surface area contributed by atoms with Gasteiger partial charge in [-0.3, -0.25) is 0 Å². The van der Waals surface area contributed by atoms with Crippen molar-refractivity contribution in [2.24, 2.45) is 0 Å². The Labute approximate surface area is 92.1 Å². The van der Waals surface area contributed by atoms with Crippen molar-refractivity contribution in [2.45, 2.75) is 6.92 Å². The van der Waals surface area contributed by atoms with Crippen molar-refractivity contribution in [3.05, 3.63) is 15.9 Å². The lowest BCUT2D eigenvalue weighted by Crippen LogP contribution is -2.28. The van der Waals surface area contributed by atoms with Crippen LogP contribution in [0.15, 0.2) is 15.9 Å². The van der Waals surface area contributed by atoms with Crippen LogP contribution >= 0.6 is 27.3 Å². The lowest BCUT2D eigenvalue weighted by molar-refractivity contribution is 0.708. The van der Waals surface area contributed by atoms with E-state index in [1.807, 2.05) is 0 Å². The molecule has 1 rings (SSSR count).